The molecule has 0 aromatic rings. The Morgan fingerprint density at radius 2 is 0.537 bits per heavy atom. The molecule has 0 aromatic carbocycles. The highest BCUT2D eigenvalue weighted by molar-refractivity contribution is 5.71. The Morgan fingerprint density at radius 3 is 0.851 bits per heavy atom. The van der Waals surface area contributed by atoms with Gasteiger partial charge in [-0.25, -0.2) is 0 Å². The van der Waals surface area contributed by atoms with Crippen molar-refractivity contribution < 1.29 is 28.6 Å². The molecule has 0 rings (SSSR count). The number of hydrogen-bond donors (Lipinski definition) is 0. The number of unbranched alkanes of at least 4 members (excludes halogenated alkanes) is 13. The van der Waals surface area contributed by atoms with E-state index in [4.69, 9.17) is 14.2 Å². The number of esters is 3. The summed E-state index contributed by atoms with van der Waals surface area (Å²) in [5.41, 5.74) is 0. The van der Waals surface area contributed by atoms with Gasteiger partial charge in [-0.2, -0.15) is 0 Å². The smallest absolute Gasteiger partial charge is 0.306 e. The molecule has 0 saturated carbocycles. The zero-order valence-corrected chi connectivity index (χ0v) is 42.9. The van der Waals surface area contributed by atoms with Crippen LogP contribution in [-0.4, -0.2) is 37.2 Å². The number of rotatable bonds is 46. The Bertz CT molecular complexity index is 1480. The van der Waals surface area contributed by atoms with Gasteiger partial charge in [-0.1, -0.05) is 199 Å². The van der Waals surface area contributed by atoms with Gasteiger partial charge >= 0.3 is 17.9 Å². The summed E-state index contributed by atoms with van der Waals surface area (Å²) < 4.78 is 16.8. The number of ether oxygens (including phenoxy) is 3. The predicted molar refractivity (Wildman–Crippen MR) is 288 cm³/mol. The van der Waals surface area contributed by atoms with Gasteiger partial charge in [0.1, 0.15) is 13.2 Å². The van der Waals surface area contributed by atoms with E-state index in [1.807, 2.05) is 0 Å². The Balaban J connectivity index is 4.48. The third kappa shape index (κ3) is 52.4. The van der Waals surface area contributed by atoms with E-state index in [0.717, 1.165) is 173 Å². The minimum atomic E-state index is -0.812. The standard InChI is InChI=1S/C61H96O6/c1-4-7-10-13-16-19-22-25-27-28-29-30-31-32-34-36-39-42-45-48-51-54-60(63)66-57-58(56-65-59(62)53-50-47-44-41-38-35-24-21-18-15-12-9-6-3)67-61(64)55-52-49-46-43-40-37-33-26-23-20-17-14-11-8-5-2/h7-12,16-21,25-27,29-30,32-35,38,58H,4-6,13-15,22-24,28,31,36-37,39-57H2,1-3H3/b10-7-,11-8-,12-9-,19-16-,20-17-,21-18-,27-25-,30-29-,33-26-,34-32-,38-35-. The zero-order valence-electron chi connectivity index (χ0n) is 42.9. The lowest BCUT2D eigenvalue weighted by molar-refractivity contribution is -0.167. The van der Waals surface area contributed by atoms with E-state index in [0.29, 0.717) is 19.3 Å². The van der Waals surface area contributed by atoms with Crippen LogP contribution < -0.4 is 0 Å². The van der Waals surface area contributed by atoms with Crippen molar-refractivity contribution in [3.8, 4) is 0 Å². The average molecular weight is 925 g/mol. The van der Waals surface area contributed by atoms with Gasteiger partial charge in [0.15, 0.2) is 6.10 Å². The van der Waals surface area contributed by atoms with Crippen LogP contribution in [0.4, 0.5) is 0 Å². The lowest BCUT2D eigenvalue weighted by atomic mass is 10.1. The number of carbonyl (C=O) groups excluding carboxylic acids is 3. The van der Waals surface area contributed by atoms with Crippen LogP contribution in [0.15, 0.2) is 134 Å². The van der Waals surface area contributed by atoms with Crippen molar-refractivity contribution in [3.63, 3.8) is 0 Å². The van der Waals surface area contributed by atoms with Gasteiger partial charge in [0.25, 0.3) is 0 Å². The maximum atomic E-state index is 12.8. The molecule has 0 saturated heterocycles. The summed E-state index contributed by atoms with van der Waals surface area (Å²) in [6.07, 6.45) is 75.8. The van der Waals surface area contributed by atoms with Crippen LogP contribution in [0.3, 0.4) is 0 Å². The lowest BCUT2D eigenvalue weighted by Crippen LogP contribution is -2.30. The molecule has 6 nitrogen and oxygen atoms in total. The summed E-state index contributed by atoms with van der Waals surface area (Å²) in [5, 5.41) is 0. The summed E-state index contributed by atoms with van der Waals surface area (Å²) in [6, 6.07) is 0. The van der Waals surface area contributed by atoms with Gasteiger partial charge in [0.05, 0.1) is 0 Å². The van der Waals surface area contributed by atoms with Crippen LogP contribution in [0.1, 0.15) is 213 Å². The molecule has 67 heavy (non-hydrogen) atoms. The molecule has 0 aliphatic rings. The molecule has 0 amide bonds. The van der Waals surface area contributed by atoms with E-state index in [2.05, 4.69) is 154 Å². The van der Waals surface area contributed by atoms with Gasteiger partial charge in [0.2, 0.25) is 0 Å². The van der Waals surface area contributed by atoms with Gasteiger partial charge < -0.3 is 14.2 Å². The molecule has 0 radical (unpaired) electrons. The number of hydrogen-bond acceptors (Lipinski definition) is 6. The van der Waals surface area contributed by atoms with Crippen molar-refractivity contribution in [1.82, 2.24) is 0 Å². The second kappa shape index (κ2) is 54.2. The van der Waals surface area contributed by atoms with Gasteiger partial charge in [-0.05, 0) is 128 Å². The fourth-order valence-corrected chi connectivity index (χ4v) is 6.73. The molecule has 0 fully saturated rings. The lowest BCUT2D eigenvalue weighted by Gasteiger charge is -2.18. The molecule has 1 atom stereocenters. The largest absolute Gasteiger partial charge is 0.462 e. The normalized spacial score (nSPS) is 13.2. The molecular weight excluding hydrogens is 829 g/mol. The third-order valence-corrected chi connectivity index (χ3v) is 10.6. The van der Waals surface area contributed by atoms with Crippen LogP contribution >= 0.6 is 0 Å². The van der Waals surface area contributed by atoms with E-state index in [1.165, 1.54) is 0 Å². The summed E-state index contributed by atoms with van der Waals surface area (Å²) in [6.45, 7) is 6.22. The number of carbonyl (C=O) groups is 3. The second-order valence-electron chi connectivity index (χ2n) is 17.0. The maximum absolute atomic E-state index is 12.8. The molecule has 1 unspecified atom stereocenters. The summed E-state index contributed by atoms with van der Waals surface area (Å²) in [4.78, 5) is 38.0. The SMILES string of the molecule is CC/C=C\C/C=C\C/C=C\C/C=C\C/C=C\CCCCCCCC(=O)OCC(COC(=O)CCCCC/C=C\C/C=C\C/C=C\CC)OC(=O)CCCCCCC/C=C\C/C=C\C/C=C\CC. The molecule has 0 aliphatic heterocycles. The van der Waals surface area contributed by atoms with Gasteiger partial charge in [0, 0.05) is 19.3 Å². The minimum Gasteiger partial charge on any atom is -0.462 e. The van der Waals surface area contributed by atoms with Gasteiger partial charge in [-0.3, -0.25) is 14.4 Å². The Kier molecular flexibility index (Phi) is 50.6. The highest BCUT2D eigenvalue weighted by atomic mass is 16.6. The van der Waals surface area contributed by atoms with Crippen molar-refractivity contribution in [2.75, 3.05) is 13.2 Å². The molecular formula is C61H96O6. The monoisotopic (exact) mass is 925 g/mol. The summed E-state index contributed by atoms with van der Waals surface area (Å²) in [5.74, 6) is -0.983. The average Bonchev–Trinajstić information content (AvgIpc) is 3.33. The summed E-state index contributed by atoms with van der Waals surface area (Å²) >= 11 is 0. The predicted octanol–water partition coefficient (Wildman–Crippen LogP) is 17.9. The van der Waals surface area contributed by atoms with E-state index in [9.17, 15) is 14.4 Å². The first kappa shape index (κ1) is 62.5. The minimum absolute atomic E-state index is 0.110. The highest BCUT2D eigenvalue weighted by Crippen LogP contribution is 2.13. The Hall–Kier alpha value is -4.45. The van der Waals surface area contributed by atoms with Crippen molar-refractivity contribution in [1.29, 1.82) is 0 Å². The van der Waals surface area contributed by atoms with E-state index in [1.54, 1.807) is 0 Å². The van der Waals surface area contributed by atoms with Crippen LogP contribution in [0.25, 0.3) is 0 Å². The maximum Gasteiger partial charge on any atom is 0.306 e. The van der Waals surface area contributed by atoms with Crippen LogP contribution in [0.5, 0.6) is 0 Å². The molecule has 0 aliphatic carbocycles. The zero-order chi connectivity index (χ0) is 48.6. The second-order valence-corrected chi connectivity index (χ2v) is 17.0. The van der Waals surface area contributed by atoms with E-state index >= 15 is 0 Å². The fourth-order valence-electron chi connectivity index (χ4n) is 6.73. The summed E-state index contributed by atoms with van der Waals surface area (Å²) in [7, 11) is 0. The topological polar surface area (TPSA) is 78.9 Å². The van der Waals surface area contributed by atoms with E-state index in [-0.39, 0.29) is 31.1 Å². The van der Waals surface area contributed by atoms with E-state index < -0.39 is 6.10 Å². The van der Waals surface area contributed by atoms with Crippen molar-refractivity contribution >= 4 is 17.9 Å². The number of allylic oxidation sites excluding steroid dienone is 22. The molecule has 0 spiro atoms. The third-order valence-electron chi connectivity index (χ3n) is 10.6. The molecule has 0 N–H and O–H groups in total. The quantitative estimate of drug-likeness (QED) is 0.0262. The fraction of sp³-hybridized carbons (Fsp3) is 0.590. The molecule has 0 heterocycles. The Labute approximate surface area is 411 Å². The first-order chi connectivity index (χ1) is 33.0. The molecule has 376 valence electrons. The molecule has 6 heteroatoms. The highest BCUT2D eigenvalue weighted by Gasteiger charge is 2.19. The van der Waals surface area contributed by atoms with Crippen molar-refractivity contribution in [2.45, 2.75) is 219 Å². The molecule has 0 aromatic heterocycles. The first-order valence-corrected chi connectivity index (χ1v) is 26.7. The van der Waals surface area contributed by atoms with Crippen molar-refractivity contribution in [2.24, 2.45) is 0 Å². The van der Waals surface area contributed by atoms with Crippen LogP contribution in [0, 0.1) is 0 Å². The van der Waals surface area contributed by atoms with Crippen LogP contribution in [0.2, 0.25) is 0 Å². The Morgan fingerprint density at radius 1 is 0.299 bits per heavy atom. The van der Waals surface area contributed by atoms with Crippen molar-refractivity contribution in [3.05, 3.63) is 134 Å². The van der Waals surface area contributed by atoms with Crippen LogP contribution in [-0.2, 0) is 28.6 Å². The van der Waals surface area contributed by atoms with Gasteiger partial charge in [-0.15, -0.1) is 0 Å². The molecule has 0 bridgehead atoms. The first-order valence-electron chi connectivity index (χ1n) is 26.7.